The predicted octanol–water partition coefficient (Wildman–Crippen LogP) is 11.1. The van der Waals surface area contributed by atoms with E-state index in [1.807, 2.05) is 0 Å². The van der Waals surface area contributed by atoms with Gasteiger partial charge in [0.05, 0.1) is 13.2 Å². The van der Waals surface area contributed by atoms with E-state index in [1.165, 1.54) is 128 Å². The summed E-state index contributed by atoms with van der Waals surface area (Å²) in [5, 5.41) is 2.61. The Morgan fingerprint density at radius 1 is 0.574 bits per heavy atom. The first-order chi connectivity index (χ1) is 29.6. The fourth-order valence-corrected chi connectivity index (χ4v) is 7.98. The topological polar surface area (TPSA) is 175 Å². The first kappa shape index (κ1) is 56.4. The zero-order valence-corrected chi connectivity index (χ0v) is 39.2. The number of ether oxygens (including phenoxy) is 2. The molecule has 0 aliphatic carbocycles. The number of amides is 3. The Morgan fingerprint density at radius 2 is 0.984 bits per heavy atom. The monoisotopic (exact) mass is 885 g/mol. The first-order valence-electron chi connectivity index (χ1n) is 24.3. The second kappa shape index (κ2) is 39.0. The van der Waals surface area contributed by atoms with Crippen LogP contribution in [0, 0.1) is 0 Å². The number of imide groups is 1. The van der Waals surface area contributed by atoms with Crippen LogP contribution in [-0.4, -0.2) is 78.5 Å². The lowest BCUT2D eigenvalue weighted by Gasteiger charge is -2.20. The van der Waals surface area contributed by atoms with E-state index >= 15 is 0 Å². The molecule has 1 rings (SSSR count). The fraction of sp³-hybridized carbons (Fsp3) is 0.851. The largest absolute Gasteiger partial charge is 0.472 e. The van der Waals surface area contributed by atoms with Crippen molar-refractivity contribution < 1.29 is 52.0 Å². The summed E-state index contributed by atoms with van der Waals surface area (Å²) in [4.78, 5) is 72.2. The summed E-state index contributed by atoms with van der Waals surface area (Å²) in [6.45, 7) is 3.62. The van der Waals surface area contributed by atoms with Gasteiger partial charge in [-0.3, -0.25) is 37.9 Å². The van der Waals surface area contributed by atoms with Crippen molar-refractivity contribution in [1.29, 1.82) is 0 Å². The summed E-state index contributed by atoms with van der Waals surface area (Å²) in [5.41, 5.74) is 0. The minimum Gasteiger partial charge on any atom is -0.462 e. The molecule has 3 amide bonds. The Labute approximate surface area is 369 Å². The number of unbranched alkanes of at least 4 members (excludes halogenated alkanes) is 26. The summed E-state index contributed by atoms with van der Waals surface area (Å²) < 4.78 is 33.8. The lowest BCUT2D eigenvalue weighted by atomic mass is 10.0. The molecule has 0 saturated carbocycles. The molecule has 354 valence electrons. The van der Waals surface area contributed by atoms with Gasteiger partial charge in [-0.15, -0.1) is 0 Å². The van der Waals surface area contributed by atoms with Crippen molar-refractivity contribution in [2.75, 3.05) is 32.9 Å². The van der Waals surface area contributed by atoms with Gasteiger partial charge in [-0.2, -0.15) is 0 Å². The summed E-state index contributed by atoms with van der Waals surface area (Å²) in [6, 6.07) is 0. The molecule has 2 unspecified atom stereocenters. The molecule has 0 spiro atoms. The number of hydrogen-bond donors (Lipinski definition) is 2. The SMILES string of the molecule is CCCCCCCCCCCCCCCC(=O)OCC(COP(=O)(O)OCCNC(=O)CCCCCN1C(=O)C=CC1=O)OC(=O)CCCCCCCCCCCCCCC. The molecule has 0 aromatic carbocycles. The lowest BCUT2D eigenvalue weighted by molar-refractivity contribution is -0.161. The smallest absolute Gasteiger partial charge is 0.462 e. The number of rotatable bonds is 44. The molecule has 0 fully saturated rings. The van der Waals surface area contributed by atoms with Gasteiger partial charge in [0, 0.05) is 44.5 Å². The van der Waals surface area contributed by atoms with Crippen LogP contribution >= 0.6 is 7.82 Å². The van der Waals surface area contributed by atoms with Crippen molar-refractivity contribution in [3.05, 3.63) is 12.2 Å². The van der Waals surface area contributed by atoms with Crippen molar-refractivity contribution >= 4 is 37.5 Å². The van der Waals surface area contributed by atoms with Gasteiger partial charge in [0.2, 0.25) is 5.91 Å². The van der Waals surface area contributed by atoms with Gasteiger partial charge in [-0.25, -0.2) is 4.57 Å². The van der Waals surface area contributed by atoms with Gasteiger partial charge >= 0.3 is 19.8 Å². The summed E-state index contributed by atoms with van der Waals surface area (Å²) in [7, 11) is -4.59. The Balaban J connectivity index is 2.37. The number of esters is 2. The minimum absolute atomic E-state index is 0.0382. The Morgan fingerprint density at radius 3 is 1.46 bits per heavy atom. The van der Waals surface area contributed by atoms with Gasteiger partial charge in [0.25, 0.3) is 11.8 Å². The van der Waals surface area contributed by atoms with E-state index in [0.717, 1.165) is 43.4 Å². The second-order valence-electron chi connectivity index (χ2n) is 16.7. The third-order valence-corrected chi connectivity index (χ3v) is 12.0. The number of nitrogens with one attached hydrogen (secondary N) is 1. The quantitative estimate of drug-likeness (QED) is 0.0258. The van der Waals surface area contributed by atoms with E-state index in [0.29, 0.717) is 38.6 Å². The van der Waals surface area contributed by atoms with Crippen LogP contribution in [0.25, 0.3) is 0 Å². The van der Waals surface area contributed by atoms with Crippen molar-refractivity contribution in [3.63, 3.8) is 0 Å². The summed E-state index contributed by atoms with van der Waals surface area (Å²) >= 11 is 0. The number of carbonyl (C=O) groups is 5. The number of nitrogens with zero attached hydrogens (tertiary/aromatic N) is 1. The van der Waals surface area contributed by atoms with Crippen LogP contribution in [0.2, 0.25) is 0 Å². The normalized spacial score (nSPS) is 14.0. The molecule has 1 heterocycles. The molecule has 1 aliphatic rings. The molecule has 0 bridgehead atoms. The maximum Gasteiger partial charge on any atom is 0.472 e. The van der Waals surface area contributed by atoms with Gasteiger partial charge < -0.3 is 19.7 Å². The van der Waals surface area contributed by atoms with E-state index in [4.69, 9.17) is 18.5 Å². The predicted molar refractivity (Wildman–Crippen MR) is 241 cm³/mol. The molecular formula is C47H85N2O11P. The summed E-state index contributed by atoms with van der Waals surface area (Å²) in [5.74, 6) is -1.85. The van der Waals surface area contributed by atoms with E-state index < -0.39 is 32.5 Å². The van der Waals surface area contributed by atoms with Crippen molar-refractivity contribution in [3.8, 4) is 0 Å². The molecule has 61 heavy (non-hydrogen) atoms. The Bertz CT molecular complexity index is 1230. The van der Waals surface area contributed by atoms with Gasteiger partial charge in [0.15, 0.2) is 6.10 Å². The molecule has 13 nitrogen and oxygen atoms in total. The molecule has 14 heteroatoms. The number of phosphoric acid groups is 1. The van der Waals surface area contributed by atoms with E-state index in [-0.39, 0.29) is 56.7 Å². The second-order valence-corrected chi connectivity index (χ2v) is 18.2. The molecule has 0 aromatic rings. The highest BCUT2D eigenvalue weighted by atomic mass is 31.2. The number of carbonyl (C=O) groups excluding carboxylic acids is 5. The third kappa shape index (κ3) is 34.6. The van der Waals surface area contributed by atoms with Crippen LogP contribution in [0.4, 0.5) is 0 Å². The minimum atomic E-state index is -4.59. The molecule has 0 aromatic heterocycles. The Kier molecular flexibility index (Phi) is 36.1. The first-order valence-corrected chi connectivity index (χ1v) is 25.8. The van der Waals surface area contributed by atoms with Crippen LogP contribution in [0.1, 0.15) is 219 Å². The maximum atomic E-state index is 12.8. The summed E-state index contributed by atoms with van der Waals surface area (Å²) in [6.07, 6.45) is 34.8. The van der Waals surface area contributed by atoms with Gasteiger partial charge in [-0.1, -0.05) is 174 Å². The highest BCUT2D eigenvalue weighted by Crippen LogP contribution is 2.43. The van der Waals surface area contributed by atoms with Crippen molar-refractivity contribution in [2.24, 2.45) is 0 Å². The zero-order chi connectivity index (χ0) is 44.7. The average Bonchev–Trinajstić information content (AvgIpc) is 3.56. The van der Waals surface area contributed by atoms with Crippen LogP contribution in [0.5, 0.6) is 0 Å². The average molecular weight is 885 g/mol. The number of hydrogen-bond acceptors (Lipinski definition) is 10. The van der Waals surface area contributed by atoms with Crippen molar-refractivity contribution in [2.45, 2.75) is 225 Å². The molecule has 0 saturated heterocycles. The molecule has 1 aliphatic heterocycles. The van der Waals surface area contributed by atoms with Crippen LogP contribution in [-0.2, 0) is 47.1 Å². The molecule has 0 radical (unpaired) electrons. The van der Waals surface area contributed by atoms with Crippen molar-refractivity contribution in [1.82, 2.24) is 10.2 Å². The lowest BCUT2D eigenvalue weighted by Crippen LogP contribution is -2.31. The highest BCUT2D eigenvalue weighted by Gasteiger charge is 2.26. The molecule has 2 atom stereocenters. The zero-order valence-electron chi connectivity index (χ0n) is 38.3. The van der Waals surface area contributed by atoms with E-state index in [1.54, 1.807) is 0 Å². The fourth-order valence-electron chi connectivity index (χ4n) is 7.23. The Hall–Kier alpha value is -2.60. The van der Waals surface area contributed by atoms with Crippen LogP contribution < -0.4 is 5.32 Å². The molecular weight excluding hydrogens is 799 g/mol. The number of phosphoric ester groups is 1. The van der Waals surface area contributed by atoms with E-state index in [2.05, 4.69) is 19.2 Å². The maximum absolute atomic E-state index is 12.8. The van der Waals surface area contributed by atoms with Gasteiger partial charge in [0.1, 0.15) is 6.61 Å². The van der Waals surface area contributed by atoms with Crippen LogP contribution in [0.15, 0.2) is 12.2 Å². The molecule has 2 N–H and O–H groups in total. The standard InChI is InChI=1S/C47H85N2O11P/c1-3-5-7-9-11-13-15-17-19-21-23-25-29-33-46(53)57-40-42(60-47(54)34-30-26-24-22-20-18-16-14-12-10-8-6-4-2)41-59-61(55,56)58-39-37-48-43(50)32-28-27-31-38-49-44(51)35-36-45(49)52/h35-36,42H,3-34,37-41H2,1-2H3,(H,48,50)(H,55,56). The highest BCUT2D eigenvalue weighted by molar-refractivity contribution is 7.47. The van der Waals surface area contributed by atoms with Crippen LogP contribution in [0.3, 0.4) is 0 Å². The third-order valence-electron chi connectivity index (χ3n) is 11.0. The van der Waals surface area contributed by atoms with E-state index in [9.17, 15) is 33.4 Å². The van der Waals surface area contributed by atoms with Gasteiger partial charge in [-0.05, 0) is 25.7 Å².